The van der Waals surface area contributed by atoms with Gasteiger partial charge in [0.2, 0.25) is 5.91 Å². The Bertz CT molecular complexity index is 1210. The van der Waals surface area contributed by atoms with Crippen molar-refractivity contribution in [3.8, 4) is 0 Å². The lowest BCUT2D eigenvalue weighted by molar-refractivity contribution is -0.220. The maximum atomic E-state index is 13.0. The molecule has 1 saturated carbocycles. The molecule has 1 amide bonds. The fraction of sp³-hybridized carbons (Fsp3) is 0.902. The van der Waals surface area contributed by atoms with Crippen LogP contribution in [0.5, 0.6) is 0 Å². The maximum absolute atomic E-state index is 13.0. The fourth-order valence-electron chi connectivity index (χ4n) is 8.47. The number of hydrogen-bond acceptors (Lipinski definition) is 11. The summed E-state index contributed by atoms with van der Waals surface area (Å²) in [5.41, 5.74) is 0. The molecule has 0 saturated heterocycles. The van der Waals surface area contributed by atoms with Gasteiger partial charge in [0.05, 0.1) is 31.3 Å². The summed E-state index contributed by atoms with van der Waals surface area (Å²) in [7, 11) is -5.14. The van der Waals surface area contributed by atoms with Gasteiger partial charge in [-0.2, -0.15) is 0 Å². The Hall–Kier alpha value is -1.22. The topological polar surface area (TPSA) is 226 Å². The molecule has 0 bridgehead atoms. The third kappa shape index (κ3) is 32.3. The standard InChI is InChI=1S/C51H98NO12P/c1-3-5-7-9-11-13-15-17-19-20-21-22-23-25-26-28-30-32-34-36-38-42(53)40-45(55)52-43(41-63-65(61,62)64-51-49(59)47(57)46(56)48(58)50(51)60)44(54)39-37-35-33-31-29-27-24-18-16-14-12-10-8-6-4-2/h23,25,37,39,42-44,46-51,53-54,56-60H,3-22,24,26-36,38,40-41H2,1-2H3,(H,52,55)(H,61,62)/b25-23-,39-37+. The highest BCUT2D eigenvalue weighted by atomic mass is 31.2. The zero-order valence-corrected chi connectivity index (χ0v) is 41.8. The van der Waals surface area contributed by atoms with Crippen LogP contribution in [0.1, 0.15) is 232 Å². The summed E-state index contributed by atoms with van der Waals surface area (Å²) in [6, 6.07) is -1.24. The number of amides is 1. The van der Waals surface area contributed by atoms with E-state index in [1.165, 1.54) is 141 Å². The Morgan fingerprint density at radius 2 is 0.892 bits per heavy atom. The van der Waals surface area contributed by atoms with Gasteiger partial charge in [0.15, 0.2) is 0 Å². The Morgan fingerprint density at radius 1 is 0.538 bits per heavy atom. The molecule has 1 aliphatic carbocycles. The van der Waals surface area contributed by atoms with Crippen molar-refractivity contribution in [2.75, 3.05) is 6.61 Å². The Morgan fingerprint density at radius 3 is 1.31 bits per heavy atom. The number of nitrogens with one attached hydrogen (secondary N) is 1. The molecule has 65 heavy (non-hydrogen) atoms. The normalized spacial score (nSPS) is 22.7. The van der Waals surface area contributed by atoms with Crippen molar-refractivity contribution in [3.63, 3.8) is 0 Å². The van der Waals surface area contributed by atoms with E-state index < -0.39 is 75.2 Å². The van der Waals surface area contributed by atoms with Crippen molar-refractivity contribution in [1.82, 2.24) is 5.32 Å². The average Bonchev–Trinajstić information content (AvgIpc) is 3.28. The summed E-state index contributed by atoms with van der Waals surface area (Å²) in [6.45, 7) is 3.76. The third-order valence-electron chi connectivity index (χ3n) is 12.8. The van der Waals surface area contributed by atoms with E-state index in [2.05, 4.69) is 31.3 Å². The smallest absolute Gasteiger partial charge is 0.393 e. The molecule has 0 radical (unpaired) electrons. The minimum Gasteiger partial charge on any atom is -0.393 e. The first kappa shape index (κ1) is 61.8. The minimum absolute atomic E-state index is 0.248. The molecule has 1 aliphatic rings. The van der Waals surface area contributed by atoms with E-state index in [9.17, 15) is 50.0 Å². The van der Waals surface area contributed by atoms with Gasteiger partial charge in [-0.05, 0) is 44.9 Å². The summed E-state index contributed by atoms with van der Waals surface area (Å²) >= 11 is 0. The number of unbranched alkanes of at least 4 members (excludes halogenated alkanes) is 29. The van der Waals surface area contributed by atoms with Crippen LogP contribution >= 0.6 is 7.82 Å². The van der Waals surface area contributed by atoms with Crippen LogP contribution in [0.15, 0.2) is 24.3 Å². The molecule has 8 atom stereocenters. The number of phosphoric ester groups is 1. The quantitative estimate of drug-likeness (QED) is 0.0158. The van der Waals surface area contributed by atoms with E-state index in [1.807, 2.05) is 0 Å². The highest BCUT2D eigenvalue weighted by Crippen LogP contribution is 2.47. The van der Waals surface area contributed by atoms with E-state index in [0.717, 1.165) is 64.2 Å². The molecule has 0 aromatic carbocycles. The van der Waals surface area contributed by atoms with Crippen LogP contribution in [0.3, 0.4) is 0 Å². The Balaban J connectivity index is 2.46. The van der Waals surface area contributed by atoms with Crippen molar-refractivity contribution in [2.45, 2.75) is 287 Å². The second-order valence-electron chi connectivity index (χ2n) is 18.9. The van der Waals surface area contributed by atoms with E-state index in [4.69, 9.17) is 9.05 Å². The number of aliphatic hydroxyl groups excluding tert-OH is 7. The molecule has 0 aromatic heterocycles. The second-order valence-corrected chi connectivity index (χ2v) is 20.3. The lowest BCUT2D eigenvalue weighted by Gasteiger charge is -2.41. The molecule has 384 valence electrons. The number of phosphoric acid groups is 1. The maximum Gasteiger partial charge on any atom is 0.472 e. The van der Waals surface area contributed by atoms with Gasteiger partial charge >= 0.3 is 7.82 Å². The molecule has 1 fully saturated rings. The lowest BCUT2D eigenvalue weighted by atomic mass is 9.85. The van der Waals surface area contributed by atoms with E-state index in [1.54, 1.807) is 6.08 Å². The van der Waals surface area contributed by atoms with Gasteiger partial charge in [-0.25, -0.2) is 4.57 Å². The highest BCUT2D eigenvalue weighted by molar-refractivity contribution is 7.47. The number of hydrogen-bond donors (Lipinski definition) is 9. The summed E-state index contributed by atoms with van der Waals surface area (Å²) < 4.78 is 22.9. The predicted molar refractivity (Wildman–Crippen MR) is 261 cm³/mol. The van der Waals surface area contributed by atoms with Crippen LogP contribution in [-0.2, 0) is 18.4 Å². The van der Waals surface area contributed by atoms with Crippen LogP contribution in [0, 0.1) is 0 Å². The highest BCUT2D eigenvalue weighted by Gasteiger charge is 2.51. The number of allylic oxidation sites excluding steroid dienone is 3. The number of rotatable bonds is 44. The molecule has 0 aromatic rings. The predicted octanol–water partition coefficient (Wildman–Crippen LogP) is 9.93. The molecule has 14 heteroatoms. The van der Waals surface area contributed by atoms with Crippen molar-refractivity contribution in [1.29, 1.82) is 0 Å². The molecule has 13 nitrogen and oxygen atoms in total. The second kappa shape index (κ2) is 40.6. The van der Waals surface area contributed by atoms with Crippen molar-refractivity contribution < 1.29 is 59.0 Å². The molecular weight excluding hydrogens is 850 g/mol. The minimum atomic E-state index is -5.14. The number of carbonyl (C=O) groups excluding carboxylic acids is 1. The van der Waals surface area contributed by atoms with Crippen LogP contribution in [0.25, 0.3) is 0 Å². The SMILES string of the molecule is CCCCCCCCCCCCC/C=C\CCCCCCCC(O)CC(=O)NC(COP(=O)(O)OC1C(O)C(O)C(O)C(O)C1O)C(O)/C=C/CCCCCCCCCCCCCCC. The summed E-state index contributed by atoms with van der Waals surface area (Å²) in [5.74, 6) is -0.595. The van der Waals surface area contributed by atoms with Crippen LogP contribution in [0.4, 0.5) is 0 Å². The zero-order valence-electron chi connectivity index (χ0n) is 40.9. The molecule has 1 rings (SSSR count). The van der Waals surface area contributed by atoms with Gasteiger partial charge < -0.3 is 46.0 Å². The van der Waals surface area contributed by atoms with E-state index in [-0.39, 0.29) is 6.42 Å². The summed E-state index contributed by atoms with van der Waals surface area (Å²) in [5, 5.41) is 74.7. The molecule has 0 heterocycles. The van der Waals surface area contributed by atoms with Gasteiger partial charge in [0.1, 0.15) is 36.6 Å². The summed E-state index contributed by atoms with van der Waals surface area (Å²) in [4.78, 5) is 23.5. The molecule has 9 N–H and O–H groups in total. The van der Waals surface area contributed by atoms with Gasteiger partial charge in [-0.1, -0.05) is 205 Å². The third-order valence-corrected chi connectivity index (χ3v) is 13.8. The van der Waals surface area contributed by atoms with Crippen LogP contribution in [-0.4, -0.2) is 108 Å². The van der Waals surface area contributed by atoms with Gasteiger partial charge in [0.25, 0.3) is 0 Å². The largest absolute Gasteiger partial charge is 0.472 e. The zero-order chi connectivity index (χ0) is 48.0. The van der Waals surface area contributed by atoms with E-state index in [0.29, 0.717) is 12.8 Å². The lowest BCUT2D eigenvalue weighted by Crippen LogP contribution is -2.64. The number of carbonyl (C=O) groups is 1. The Labute approximate surface area is 394 Å². The van der Waals surface area contributed by atoms with Gasteiger partial charge in [0, 0.05) is 0 Å². The van der Waals surface area contributed by atoms with E-state index >= 15 is 0 Å². The van der Waals surface area contributed by atoms with Crippen molar-refractivity contribution in [3.05, 3.63) is 24.3 Å². The Kier molecular flexibility index (Phi) is 38.6. The average molecular weight is 948 g/mol. The fourth-order valence-corrected chi connectivity index (χ4v) is 9.44. The first-order chi connectivity index (χ1) is 31.3. The van der Waals surface area contributed by atoms with Crippen molar-refractivity contribution >= 4 is 13.7 Å². The molecule has 0 spiro atoms. The van der Waals surface area contributed by atoms with Gasteiger partial charge in [-0.3, -0.25) is 13.8 Å². The summed E-state index contributed by atoms with van der Waals surface area (Å²) in [6.07, 6.45) is 32.6. The first-order valence-corrected chi connectivity index (χ1v) is 27.9. The van der Waals surface area contributed by atoms with Crippen LogP contribution < -0.4 is 5.32 Å². The van der Waals surface area contributed by atoms with Gasteiger partial charge in [-0.15, -0.1) is 0 Å². The molecular formula is C51H98NO12P. The van der Waals surface area contributed by atoms with Crippen molar-refractivity contribution in [2.24, 2.45) is 0 Å². The first-order valence-electron chi connectivity index (χ1n) is 26.4. The van der Waals surface area contributed by atoms with Crippen LogP contribution in [0.2, 0.25) is 0 Å². The monoisotopic (exact) mass is 948 g/mol. The number of aliphatic hydroxyl groups is 7. The molecule has 0 aliphatic heterocycles. The molecule has 8 unspecified atom stereocenters.